The number of nitriles is 2. The number of nitrogens with zero attached hydrogens (tertiary/aromatic N) is 4. The molecule has 176 valence electrons. The molecule has 1 aromatic heterocycles. The van der Waals surface area contributed by atoms with Crippen molar-refractivity contribution in [1.82, 2.24) is 9.97 Å². The Kier molecular flexibility index (Phi) is 7.35. The van der Waals surface area contributed by atoms with Crippen molar-refractivity contribution in [3.05, 3.63) is 105 Å². The van der Waals surface area contributed by atoms with Crippen LogP contribution >= 0.6 is 0 Å². The molecule has 0 amide bonds. The molecule has 0 spiro atoms. The van der Waals surface area contributed by atoms with Crippen LogP contribution in [0, 0.1) is 22.7 Å². The summed E-state index contributed by atoms with van der Waals surface area (Å²) in [5, 5.41) is 22.8. The topological polar surface area (TPSA) is 136 Å². The van der Waals surface area contributed by atoms with E-state index >= 15 is 0 Å². The summed E-state index contributed by atoms with van der Waals surface area (Å²) >= 11 is 0. The lowest BCUT2D eigenvalue weighted by Gasteiger charge is -2.12. The standard InChI is InChI=1S/C27H20N6O3/c1-35-24-13-18(11-12-23(24)36-17-21-10-6-5-9-20(21)14-28)16-30-33-27-31-25(19-7-3-2-4-8-19)22(15-29)26(34)32-27/h2-13,16H,17H2,1H3,(H2,31,32,33,34). The number of H-pyrrole nitrogens is 1. The first-order chi connectivity index (χ1) is 17.6. The molecule has 0 fully saturated rings. The van der Waals surface area contributed by atoms with E-state index in [4.69, 9.17) is 9.47 Å². The van der Waals surface area contributed by atoms with Gasteiger partial charge in [0, 0.05) is 11.1 Å². The Labute approximate surface area is 206 Å². The van der Waals surface area contributed by atoms with Crippen molar-refractivity contribution in [2.75, 3.05) is 12.5 Å². The quantitative estimate of drug-likeness (QED) is 0.287. The van der Waals surface area contributed by atoms with Gasteiger partial charge in [0.1, 0.15) is 18.2 Å². The highest BCUT2D eigenvalue weighted by atomic mass is 16.5. The van der Waals surface area contributed by atoms with Crippen LogP contribution in [0.25, 0.3) is 11.3 Å². The first-order valence-electron chi connectivity index (χ1n) is 10.8. The van der Waals surface area contributed by atoms with Gasteiger partial charge in [-0.15, -0.1) is 0 Å². The maximum atomic E-state index is 12.4. The van der Waals surface area contributed by atoms with Crippen molar-refractivity contribution in [2.24, 2.45) is 5.10 Å². The summed E-state index contributed by atoms with van der Waals surface area (Å²) in [6.45, 7) is 0.219. The first kappa shape index (κ1) is 23.7. The zero-order valence-corrected chi connectivity index (χ0v) is 19.2. The fourth-order valence-electron chi connectivity index (χ4n) is 3.40. The van der Waals surface area contributed by atoms with Crippen LogP contribution in [0.4, 0.5) is 5.95 Å². The number of aromatic nitrogens is 2. The number of anilines is 1. The highest BCUT2D eigenvalue weighted by molar-refractivity contribution is 5.81. The van der Waals surface area contributed by atoms with Gasteiger partial charge in [-0.3, -0.25) is 9.78 Å². The van der Waals surface area contributed by atoms with Crippen molar-refractivity contribution in [2.45, 2.75) is 6.61 Å². The Hall–Kier alpha value is -5.41. The Morgan fingerprint density at radius 1 is 1.03 bits per heavy atom. The second-order valence-corrected chi connectivity index (χ2v) is 7.45. The summed E-state index contributed by atoms with van der Waals surface area (Å²) in [6.07, 6.45) is 1.53. The smallest absolute Gasteiger partial charge is 0.270 e. The monoisotopic (exact) mass is 476 g/mol. The van der Waals surface area contributed by atoms with Gasteiger partial charge in [-0.2, -0.15) is 15.6 Å². The number of hydrogen-bond donors (Lipinski definition) is 2. The van der Waals surface area contributed by atoms with E-state index in [9.17, 15) is 15.3 Å². The second kappa shape index (κ2) is 11.1. The van der Waals surface area contributed by atoms with Gasteiger partial charge in [-0.25, -0.2) is 10.4 Å². The van der Waals surface area contributed by atoms with E-state index in [2.05, 4.69) is 26.6 Å². The third-order valence-corrected chi connectivity index (χ3v) is 5.17. The number of rotatable bonds is 8. The van der Waals surface area contributed by atoms with Crippen LogP contribution in [0.1, 0.15) is 22.3 Å². The van der Waals surface area contributed by atoms with Gasteiger partial charge in [-0.1, -0.05) is 48.5 Å². The van der Waals surface area contributed by atoms with Crippen molar-refractivity contribution >= 4 is 12.2 Å². The van der Waals surface area contributed by atoms with E-state index in [0.717, 1.165) is 5.56 Å². The van der Waals surface area contributed by atoms with Crippen LogP contribution in [0.5, 0.6) is 11.5 Å². The minimum absolute atomic E-state index is 0.0755. The van der Waals surface area contributed by atoms with Crippen LogP contribution in [0.2, 0.25) is 0 Å². The largest absolute Gasteiger partial charge is 0.493 e. The molecule has 4 rings (SSSR count). The van der Waals surface area contributed by atoms with E-state index in [0.29, 0.717) is 28.2 Å². The average molecular weight is 476 g/mol. The summed E-state index contributed by atoms with van der Waals surface area (Å²) in [5.41, 5.74) is 4.99. The second-order valence-electron chi connectivity index (χ2n) is 7.45. The molecule has 4 aromatic rings. The number of hydrazone groups is 1. The molecular weight excluding hydrogens is 456 g/mol. The normalized spacial score (nSPS) is 10.4. The van der Waals surface area contributed by atoms with Crippen molar-refractivity contribution < 1.29 is 9.47 Å². The molecule has 0 unspecified atom stereocenters. The Morgan fingerprint density at radius 2 is 1.81 bits per heavy atom. The SMILES string of the molecule is COc1cc(C=NNc2nc(-c3ccccc3)c(C#N)c(=O)[nH]2)ccc1OCc1ccccc1C#N. The zero-order chi connectivity index (χ0) is 25.3. The van der Waals surface area contributed by atoms with Crippen LogP contribution in [-0.2, 0) is 6.61 Å². The highest BCUT2D eigenvalue weighted by Gasteiger charge is 2.13. The van der Waals surface area contributed by atoms with Crippen molar-refractivity contribution in [3.8, 4) is 34.9 Å². The number of hydrogen-bond acceptors (Lipinski definition) is 8. The van der Waals surface area contributed by atoms with Crippen LogP contribution in [0.3, 0.4) is 0 Å². The molecule has 0 aliphatic rings. The lowest BCUT2D eigenvalue weighted by Crippen LogP contribution is -2.16. The van der Waals surface area contributed by atoms with Gasteiger partial charge in [0.15, 0.2) is 11.5 Å². The first-order valence-corrected chi connectivity index (χ1v) is 10.8. The molecule has 9 heteroatoms. The maximum Gasteiger partial charge on any atom is 0.270 e. The van der Waals surface area contributed by atoms with Gasteiger partial charge in [-0.05, 0) is 29.8 Å². The van der Waals surface area contributed by atoms with E-state index in [1.807, 2.05) is 24.3 Å². The third kappa shape index (κ3) is 5.38. The zero-order valence-electron chi connectivity index (χ0n) is 19.2. The number of methoxy groups -OCH3 is 1. The average Bonchev–Trinajstić information content (AvgIpc) is 2.92. The molecule has 0 saturated carbocycles. The fourth-order valence-corrected chi connectivity index (χ4v) is 3.40. The van der Waals surface area contributed by atoms with Gasteiger partial charge >= 0.3 is 0 Å². The number of ether oxygens (including phenoxy) is 2. The van der Waals surface area contributed by atoms with Crippen LogP contribution in [0.15, 0.2) is 82.7 Å². The predicted molar refractivity (Wildman–Crippen MR) is 135 cm³/mol. The van der Waals surface area contributed by atoms with E-state index < -0.39 is 5.56 Å². The van der Waals surface area contributed by atoms with E-state index in [-0.39, 0.29) is 23.8 Å². The Morgan fingerprint density at radius 3 is 2.56 bits per heavy atom. The number of benzene rings is 3. The summed E-state index contributed by atoms with van der Waals surface area (Å²) < 4.78 is 11.3. The van der Waals surface area contributed by atoms with Gasteiger partial charge < -0.3 is 9.47 Å². The summed E-state index contributed by atoms with van der Waals surface area (Å²) in [6, 6.07) is 25.5. The predicted octanol–water partition coefficient (Wildman–Crippen LogP) is 4.21. The molecule has 3 aromatic carbocycles. The van der Waals surface area contributed by atoms with Gasteiger partial charge in [0.2, 0.25) is 5.95 Å². The van der Waals surface area contributed by atoms with E-state index in [1.165, 1.54) is 13.3 Å². The highest BCUT2D eigenvalue weighted by Crippen LogP contribution is 2.28. The van der Waals surface area contributed by atoms with Crippen molar-refractivity contribution in [1.29, 1.82) is 10.5 Å². The Bertz CT molecular complexity index is 1550. The molecular formula is C27H20N6O3. The molecule has 0 aliphatic carbocycles. The lowest BCUT2D eigenvalue weighted by molar-refractivity contribution is 0.284. The van der Waals surface area contributed by atoms with E-state index in [1.54, 1.807) is 54.6 Å². The minimum Gasteiger partial charge on any atom is -0.493 e. The molecule has 1 heterocycles. The van der Waals surface area contributed by atoms with Crippen molar-refractivity contribution in [3.63, 3.8) is 0 Å². The third-order valence-electron chi connectivity index (χ3n) is 5.17. The maximum absolute atomic E-state index is 12.4. The van der Waals surface area contributed by atoms with Crippen LogP contribution in [-0.4, -0.2) is 23.3 Å². The molecule has 36 heavy (non-hydrogen) atoms. The molecule has 0 saturated heterocycles. The molecule has 0 bridgehead atoms. The van der Waals surface area contributed by atoms with Crippen LogP contribution < -0.4 is 20.5 Å². The molecule has 0 aliphatic heterocycles. The fraction of sp³-hybridized carbons (Fsp3) is 0.0741. The summed E-state index contributed by atoms with van der Waals surface area (Å²) in [5.74, 6) is 1.10. The molecule has 9 nitrogen and oxygen atoms in total. The summed E-state index contributed by atoms with van der Waals surface area (Å²) in [4.78, 5) is 19.2. The molecule has 0 radical (unpaired) electrons. The molecule has 2 N–H and O–H groups in total. The number of nitrogens with one attached hydrogen (secondary N) is 2. The van der Waals surface area contributed by atoms with Gasteiger partial charge in [0.25, 0.3) is 5.56 Å². The number of aromatic amines is 1. The van der Waals surface area contributed by atoms with Gasteiger partial charge in [0.05, 0.1) is 30.7 Å². The Balaban J connectivity index is 1.50. The summed E-state index contributed by atoms with van der Waals surface area (Å²) in [7, 11) is 1.53. The lowest BCUT2D eigenvalue weighted by atomic mass is 10.1. The molecule has 0 atom stereocenters. The minimum atomic E-state index is -0.565.